The molecule has 0 bridgehead atoms. The quantitative estimate of drug-likeness (QED) is 0.672. The summed E-state index contributed by atoms with van der Waals surface area (Å²) in [7, 11) is 0. The number of hydrogen-bond acceptors (Lipinski definition) is 3. The summed E-state index contributed by atoms with van der Waals surface area (Å²) in [5.41, 5.74) is -0.687. The van der Waals surface area contributed by atoms with E-state index in [4.69, 9.17) is 0 Å². The van der Waals surface area contributed by atoms with Crippen molar-refractivity contribution in [3.05, 3.63) is 0 Å². The monoisotopic (exact) mass is 200 g/mol. The molecule has 0 aromatic heterocycles. The van der Waals surface area contributed by atoms with Crippen LogP contribution >= 0.6 is 0 Å². The van der Waals surface area contributed by atoms with Crippen molar-refractivity contribution in [3.63, 3.8) is 0 Å². The van der Waals surface area contributed by atoms with E-state index >= 15 is 0 Å². The van der Waals surface area contributed by atoms with Crippen LogP contribution in [0.2, 0.25) is 0 Å². The molecule has 4 nitrogen and oxygen atoms in total. The van der Waals surface area contributed by atoms with E-state index in [0.29, 0.717) is 32.1 Å². The lowest BCUT2D eigenvalue weighted by Crippen LogP contribution is -2.40. The van der Waals surface area contributed by atoms with E-state index in [9.17, 15) is 9.90 Å². The third-order valence-electron chi connectivity index (χ3n) is 2.47. The van der Waals surface area contributed by atoms with Gasteiger partial charge in [-0.05, 0) is 13.3 Å². The average molecular weight is 200 g/mol. The smallest absolute Gasteiger partial charge is 0.236 e. The van der Waals surface area contributed by atoms with E-state index in [1.807, 2.05) is 13.8 Å². The summed E-state index contributed by atoms with van der Waals surface area (Å²) < 4.78 is 0. The Hall–Kier alpha value is -0.610. The van der Waals surface area contributed by atoms with Crippen LogP contribution in [0, 0.1) is 0 Å². The number of nitrogens with zero attached hydrogens (tertiary/aromatic N) is 1. The van der Waals surface area contributed by atoms with Gasteiger partial charge >= 0.3 is 0 Å². The molecule has 1 rings (SSSR count). The molecule has 0 aromatic rings. The maximum Gasteiger partial charge on any atom is 0.236 e. The molecule has 1 saturated heterocycles. The average Bonchev–Trinajstić information content (AvgIpc) is 2.41. The van der Waals surface area contributed by atoms with Crippen molar-refractivity contribution in [2.24, 2.45) is 0 Å². The zero-order valence-corrected chi connectivity index (χ0v) is 9.21. The Balaban J connectivity index is 2.33. The molecule has 0 saturated carbocycles. The summed E-state index contributed by atoms with van der Waals surface area (Å²) in [5, 5.41) is 12.8. The van der Waals surface area contributed by atoms with Gasteiger partial charge < -0.3 is 15.3 Å². The summed E-state index contributed by atoms with van der Waals surface area (Å²) in [6.45, 7) is 7.29. The van der Waals surface area contributed by atoms with Gasteiger partial charge in [0.15, 0.2) is 0 Å². The highest BCUT2D eigenvalue weighted by Gasteiger charge is 2.33. The molecule has 1 unspecified atom stereocenters. The molecule has 0 aliphatic carbocycles. The van der Waals surface area contributed by atoms with Crippen LogP contribution in [0.5, 0.6) is 0 Å². The van der Waals surface area contributed by atoms with Crippen LogP contribution in [0.15, 0.2) is 0 Å². The molecule has 1 fully saturated rings. The molecule has 1 amide bonds. The van der Waals surface area contributed by atoms with Gasteiger partial charge in [0, 0.05) is 19.1 Å². The molecular formula is C10H20N2O2. The van der Waals surface area contributed by atoms with Crippen molar-refractivity contribution in [2.45, 2.75) is 38.8 Å². The fourth-order valence-corrected chi connectivity index (χ4v) is 1.56. The molecule has 1 atom stereocenters. The van der Waals surface area contributed by atoms with Crippen molar-refractivity contribution >= 4 is 5.91 Å². The van der Waals surface area contributed by atoms with E-state index in [1.165, 1.54) is 0 Å². The summed E-state index contributed by atoms with van der Waals surface area (Å²) in [6.07, 6.45) is 0.681. The molecule has 1 heterocycles. The Morgan fingerprint density at radius 3 is 2.71 bits per heavy atom. The van der Waals surface area contributed by atoms with E-state index in [2.05, 4.69) is 5.32 Å². The van der Waals surface area contributed by atoms with Crippen molar-refractivity contribution in [1.29, 1.82) is 0 Å². The standard InChI is InChI=1S/C10H20N2O2/c1-8(2)11-6-9(13)12-5-4-10(3,14)7-12/h8,11,14H,4-7H2,1-3H3. The minimum absolute atomic E-state index is 0.0801. The van der Waals surface area contributed by atoms with Gasteiger partial charge in [-0.25, -0.2) is 0 Å². The normalized spacial score (nSPS) is 27.4. The first-order valence-electron chi connectivity index (χ1n) is 5.14. The number of hydrogen-bond donors (Lipinski definition) is 2. The molecule has 1 aliphatic heterocycles. The van der Waals surface area contributed by atoms with Gasteiger partial charge in [0.05, 0.1) is 12.1 Å². The summed E-state index contributed by atoms with van der Waals surface area (Å²) in [5.74, 6) is 0.0801. The van der Waals surface area contributed by atoms with Gasteiger partial charge in [0.1, 0.15) is 0 Å². The van der Waals surface area contributed by atoms with E-state index in [1.54, 1.807) is 11.8 Å². The molecule has 4 heteroatoms. The maximum atomic E-state index is 11.6. The topological polar surface area (TPSA) is 52.6 Å². The highest BCUT2D eigenvalue weighted by molar-refractivity contribution is 5.78. The summed E-state index contributed by atoms with van der Waals surface area (Å²) in [6, 6.07) is 0.321. The highest BCUT2D eigenvalue weighted by atomic mass is 16.3. The number of likely N-dealkylation sites (tertiary alicyclic amines) is 1. The maximum absolute atomic E-state index is 11.6. The van der Waals surface area contributed by atoms with Gasteiger partial charge in [-0.2, -0.15) is 0 Å². The lowest BCUT2D eigenvalue weighted by atomic mass is 10.1. The molecule has 1 aliphatic rings. The Bertz CT molecular complexity index is 214. The van der Waals surface area contributed by atoms with E-state index < -0.39 is 5.60 Å². The lowest BCUT2D eigenvalue weighted by molar-refractivity contribution is -0.130. The second-order valence-corrected chi connectivity index (χ2v) is 4.60. The van der Waals surface area contributed by atoms with E-state index in [0.717, 1.165) is 0 Å². The molecule has 0 spiro atoms. The van der Waals surface area contributed by atoms with Crippen LogP contribution in [-0.4, -0.2) is 47.2 Å². The Morgan fingerprint density at radius 2 is 2.29 bits per heavy atom. The molecular weight excluding hydrogens is 180 g/mol. The predicted octanol–water partition coefficient (Wildman–Crippen LogP) is -0.0323. The predicted molar refractivity (Wildman–Crippen MR) is 55.0 cm³/mol. The fraction of sp³-hybridized carbons (Fsp3) is 0.900. The van der Waals surface area contributed by atoms with Gasteiger partial charge in [-0.15, -0.1) is 0 Å². The minimum Gasteiger partial charge on any atom is -0.388 e. The SMILES string of the molecule is CC(C)NCC(=O)N1CCC(C)(O)C1. The number of carbonyl (C=O) groups excluding carboxylic acids is 1. The van der Waals surface area contributed by atoms with Crippen LogP contribution in [0.4, 0.5) is 0 Å². The highest BCUT2D eigenvalue weighted by Crippen LogP contribution is 2.19. The van der Waals surface area contributed by atoms with Crippen LogP contribution < -0.4 is 5.32 Å². The van der Waals surface area contributed by atoms with Gasteiger partial charge in [-0.3, -0.25) is 4.79 Å². The zero-order chi connectivity index (χ0) is 10.8. The largest absolute Gasteiger partial charge is 0.388 e. The van der Waals surface area contributed by atoms with Crippen molar-refractivity contribution in [3.8, 4) is 0 Å². The van der Waals surface area contributed by atoms with Crippen molar-refractivity contribution in [2.75, 3.05) is 19.6 Å². The third kappa shape index (κ3) is 3.27. The number of aliphatic hydroxyl groups is 1. The Morgan fingerprint density at radius 1 is 1.64 bits per heavy atom. The van der Waals surface area contributed by atoms with E-state index in [-0.39, 0.29) is 5.91 Å². The lowest BCUT2D eigenvalue weighted by Gasteiger charge is -2.19. The Labute approximate surface area is 85.3 Å². The first-order chi connectivity index (χ1) is 6.41. The van der Waals surface area contributed by atoms with Crippen LogP contribution in [0.3, 0.4) is 0 Å². The number of rotatable bonds is 3. The van der Waals surface area contributed by atoms with Crippen LogP contribution in [-0.2, 0) is 4.79 Å². The van der Waals surface area contributed by atoms with Gasteiger partial charge in [0.2, 0.25) is 5.91 Å². The number of β-amino-alcohol motifs (C(OH)–C–C–N with tert-alkyl or cyclic N) is 1. The second kappa shape index (κ2) is 4.28. The molecule has 0 aromatic carbocycles. The third-order valence-corrected chi connectivity index (χ3v) is 2.47. The first kappa shape index (κ1) is 11.5. The second-order valence-electron chi connectivity index (χ2n) is 4.60. The van der Waals surface area contributed by atoms with Crippen LogP contribution in [0.25, 0.3) is 0 Å². The van der Waals surface area contributed by atoms with Crippen LogP contribution in [0.1, 0.15) is 27.2 Å². The van der Waals surface area contributed by atoms with Gasteiger partial charge in [0.25, 0.3) is 0 Å². The molecule has 0 radical (unpaired) electrons. The summed E-state index contributed by atoms with van der Waals surface area (Å²) in [4.78, 5) is 13.3. The van der Waals surface area contributed by atoms with Crippen molar-refractivity contribution < 1.29 is 9.90 Å². The minimum atomic E-state index is -0.687. The molecule has 14 heavy (non-hydrogen) atoms. The zero-order valence-electron chi connectivity index (χ0n) is 9.21. The number of amides is 1. The van der Waals surface area contributed by atoms with Crippen molar-refractivity contribution in [1.82, 2.24) is 10.2 Å². The first-order valence-corrected chi connectivity index (χ1v) is 5.14. The van der Waals surface area contributed by atoms with Gasteiger partial charge in [-0.1, -0.05) is 13.8 Å². The fourth-order valence-electron chi connectivity index (χ4n) is 1.56. The Kier molecular flexibility index (Phi) is 3.50. The molecule has 2 N–H and O–H groups in total. The molecule has 82 valence electrons. The summed E-state index contributed by atoms with van der Waals surface area (Å²) >= 11 is 0. The number of carbonyl (C=O) groups is 1. The number of nitrogens with one attached hydrogen (secondary N) is 1.